The van der Waals surface area contributed by atoms with Crippen molar-refractivity contribution in [3.8, 4) is 11.8 Å². The second-order valence-corrected chi connectivity index (χ2v) is 10.4. The van der Waals surface area contributed by atoms with Gasteiger partial charge in [0, 0.05) is 10.6 Å². The van der Waals surface area contributed by atoms with Crippen molar-refractivity contribution in [2.45, 2.75) is 13.5 Å². The third-order valence-electron chi connectivity index (χ3n) is 4.94. The summed E-state index contributed by atoms with van der Waals surface area (Å²) in [6.45, 7) is 2.14. The van der Waals surface area contributed by atoms with Crippen LogP contribution >= 0.6 is 55.2 Å². The SMILES string of the molecule is Cc1c(Cl)cccc1N=C1NC(=O)/C(=C\c2cc(Br)c(OCc3ccccc3C#N)c(Br)c2)S1. The molecule has 0 bridgehead atoms. The average molecular weight is 618 g/mol. The van der Waals surface area contributed by atoms with Gasteiger partial charge in [0.2, 0.25) is 0 Å². The molecule has 1 fully saturated rings. The number of benzene rings is 3. The number of rotatable bonds is 5. The summed E-state index contributed by atoms with van der Waals surface area (Å²) in [5.41, 5.74) is 3.74. The van der Waals surface area contributed by atoms with Crippen LogP contribution in [0.15, 0.2) is 73.4 Å². The first-order valence-electron chi connectivity index (χ1n) is 10.00. The number of ether oxygens (including phenoxy) is 1. The molecule has 4 rings (SSSR count). The zero-order valence-corrected chi connectivity index (χ0v) is 22.5. The largest absolute Gasteiger partial charge is 0.486 e. The number of thioether (sulfide) groups is 1. The molecule has 170 valence electrons. The van der Waals surface area contributed by atoms with Gasteiger partial charge in [-0.05, 0) is 98.1 Å². The number of nitrogens with zero attached hydrogens (tertiary/aromatic N) is 2. The highest BCUT2D eigenvalue weighted by Gasteiger charge is 2.24. The summed E-state index contributed by atoms with van der Waals surface area (Å²) in [6.07, 6.45) is 1.79. The Morgan fingerprint density at radius 3 is 2.65 bits per heavy atom. The van der Waals surface area contributed by atoms with Crippen LogP contribution in [0.3, 0.4) is 0 Å². The van der Waals surface area contributed by atoms with Gasteiger partial charge in [-0.15, -0.1) is 0 Å². The average Bonchev–Trinajstić information content (AvgIpc) is 3.15. The molecule has 34 heavy (non-hydrogen) atoms. The van der Waals surface area contributed by atoms with E-state index in [0.717, 1.165) is 25.6 Å². The molecule has 3 aromatic carbocycles. The van der Waals surface area contributed by atoms with Gasteiger partial charge < -0.3 is 10.1 Å². The van der Waals surface area contributed by atoms with Gasteiger partial charge in [-0.25, -0.2) is 4.99 Å². The molecule has 9 heteroatoms. The molecule has 3 aromatic rings. The number of halogens is 3. The number of carbonyl (C=O) groups excluding carboxylic acids is 1. The molecular formula is C25H16Br2ClN3O2S. The first kappa shape index (κ1) is 24.6. The fourth-order valence-corrected chi connectivity index (χ4v) is 5.62. The van der Waals surface area contributed by atoms with Crippen LogP contribution in [-0.4, -0.2) is 11.1 Å². The molecule has 0 spiro atoms. The second-order valence-electron chi connectivity index (χ2n) is 7.24. The molecule has 1 saturated heterocycles. The van der Waals surface area contributed by atoms with E-state index in [4.69, 9.17) is 16.3 Å². The van der Waals surface area contributed by atoms with Crippen LogP contribution in [0.2, 0.25) is 5.02 Å². The van der Waals surface area contributed by atoms with Crippen molar-refractivity contribution in [2.75, 3.05) is 0 Å². The van der Waals surface area contributed by atoms with Crippen LogP contribution in [0.1, 0.15) is 22.3 Å². The lowest BCUT2D eigenvalue weighted by atomic mass is 10.1. The molecule has 0 saturated carbocycles. The van der Waals surface area contributed by atoms with Gasteiger partial charge in [0.25, 0.3) is 5.91 Å². The summed E-state index contributed by atoms with van der Waals surface area (Å²) in [7, 11) is 0. The fourth-order valence-electron chi connectivity index (χ4n) is 3.16. The van der Waals surface area contributed by atoms with E-state index in [1.165, 1.54) is 11.8 Å². The number of carbonyl (C=O) groups is 1. The Hall–Kier alpha value is -2.57. The lowest BCUT2D eigenvalue weighted by molar-refractivity contribution is -0.115. The zero-order valence-electron chi connectivity index (χ0n) is 17.7. The van der Waals surface area contributed by atoms with Crippen LogP contribution in [0, 0.1) is 18.3 Å². The monoisotopic (exact) mass is 615 g/mol. The Morgan fingerprint density at radius 2 is 1.91 bits per heavy atom. The summed E-state index contributed by atoms with van der Waals surface area (Å²) >= 11 is 14.5. The van der Waals surface area contributed by atoms with E-state index in [1.807, 2.05) is 49.4 Å². The van der Waals surface area contributed by atoms with E-state index in [9.17, 15) is 10.1 Å². The van der Waals surface area contributed by atoms with Gasteiger partial charge in [0.1, 0.15) is 12.4 Å². The number of amidine groups is 1. The normalized spacial score (nSPS) is 15.4. The summed E-state index contributed by atoms with van der Waals surface area (Å²) in [5.74, 6) is 0.390. The molecular weight excluding hydrogens is 602 g/mol. The summed E-state index contributed by atoms with van der Waals surface area (Å²) < 4.78 is 7.40. The predicted molar refractivity (Wildman–Crippen MR) is 144 cm³/mol. The zero-order chi connectivity index (χ0) is 24.2. The van der Waals surface area contributed by atoms with Gasteiger partial charge in [0.05, 0.1) is 31.2 Å². The maximum atomic E-state index is 12.5. The van der Waals surface area contributed by atoms with Crippen LogP contribution in [-0.2, 0) is 11.4 Å². The highest BCUT2D eigenvalue weighted by Crippen LogP contribution is 2.37. The Morgan fingerprint density at radius 1 is 1.18 bits per heavy atom. The van der Waals surface area contributed by atoms with Crippen LogP contribution in [0.5, 0.6) is 5.75 Å². The number of nitriles is 1. The van der Waals surface area contributed by atoms with Gasteiger partial charge in [-0.2, -0.15) is 5.26 Å². The summed E-state index contributed by atoms with van der Waals surface area (Å²) in [5, 5.41) is 13.2. The Kier molecular flexibility index (Phi) is 7.79. The minimum absolute atomic E-state index is 0.218. The van der Waals surface area contributed by atoms with Crippen molar-refractivity contribution < 1.29 is 9.53 Å². The molecule has 1 heterocycles. The minimum atomic E-state index is -0.218. The van der Waals surface area contributed by atoms with Crippen LogP contribution < -0.4 is 10.1 Å². The number of aliphatic imine (C=N–C) groups is 1. The van der Waals surface area contributed by atoms with E-state index in [2.05, 4.69) is 48.2 Å². The molecule has 0 aliphatic carbocycles. The molecule has 1 aliphatic heterocycles. The second kappa shape index (κ2) is 10.8. The molecule has 0 unspecified atom stereocenters. The Balaban J connectivity index is 1.53. The maximum absolute atomic E-state index is 12.5. The highest BCUT2D eigenvalue weighted by atomic mass is 79.9. The lowest BCUT2D eigenvalue weighted by Crippen LogP contribution is -2.19. The van der Waals surface area contributed by atoms with Crippen molar-refractivity contribution >= 4 is 78.1 Å². The number of hydrogen-bond donors (Lipinski definition) is 1. The fraction of sp³-hybridized carbons (Fsp3) is 0.0800. The lowest BCUT2D eigenvalue weighted by Gasteiger charge is -2.12. The molecule has 1 amide bonds. The van der Waals surface area contributed by atoms with Crippen molar-refractivity contribution in [2.24, 2.45) is 4.99 Å². The molecule has 0 atom stereocenters. The first-order chi connectivity index (χ1) is 16.4. The predicted octanol–water partition coefficient (Wildman–Crippen LogP) is 7.52. The van der Waals surface area contributed by atoms with E-state index in [-0.39, 0.29) is 12.5 Å². The van der Waals surface area contributed by atoms with Crippen LogP contribution in [0.25, 0.3) is 6.08 Å². The molecule has 0 aromatic heterocycles. The van der Waals surface area contributed by atoms with Crippen molar-refractivity contribution in [3.05, 3.63) is 95.7 Å². The minimum Gasteiger partial charge on any atom is -0.486 e. The topological polar surface area (TPSA) is 74.5 Å². The molecule has 1 aliphatic rings. The quantitative estimate of drug-likeness (QED) is 0.301. The van der Waals surface area contributed by atoms with E-state index >= 15 is 0 Å². The molecule has 0 radical (unpaired) electrons. The van der Waals surface area contributed by atoms with Gasteiger partial charge in [-0.1, -0.05) is 35.9 Å². The van der Waals surface area contributed by atoms with Crippen molar-refractivity contribution in [3.63, 3.8) is 0 Å². The Labute approximate surface area is 223 Å². The standard InChI is InChI=1S/C25H16Br2ClN3O2S/c1-14-20(28)7-4-8-21(14)30-25-31-24(32)22(34-25)11-15-9-18(26)23(19(27)10-15)33-13-17-6-3-2-5-16(17)12-29/h2-11H,13H2,1H3,(H,30,31,32)/b22-11+. The van der Waals surface area contributed by atoms with E-state index in [0.29, 0.717) is 32.1 Å². The van der Waals surface area contributed by atoms with Gasteiger partial charge in [0.15, 0.2) is 5.17 Å². The van der Waals surface area contributed by atoms with E-state index < -0.39 is 0 Å². The third kappa shape index (κ3) is 5.56. The van der Waals surface area contributed by atoms with Crippen molar-refractivity contribution in [1.82, 2.24) is 5.32 Å². The first-order valence-corrected chi connectivity index (χ1v) is 12.8. The number of amides is 1. The highest BCUT2D eigenvalue weighted by molar-refractivity contribution is 9.11. The Bertz CT molecular complexity index is 1380. The van der Waals surface area contributed by atoms with Crippen molar-refractivity contribution in [1.29, 1.82) is 5.26 Å². The van der Waals surface area contributed by atoms with Crippen LogP contribution in [0.4, 0.5) is 5.69 Å². The maximum Gasteiger partial charge on any atom is 0.264 e. The van der Waals surface area contributed by atoms with Gasteiger partial charge >= 0.3 is 0 Å². The molecule has 1 N–H and O–H groups in total. The third-order valence-corrected chi connectivity index (χ3v) is 7.44. The summed E-state index contributed by atoms with van der Waals surface area (Å²) in [4.78, 5) is 17.6. The molecule has 5 nitrogen and oxygen atoms in total. The number of nitrogens with one attached hydrogen (secondary N) is 1. The summed E-state index contributed by atoms with van der Waals surface area (Å²) in [6, 6.07) is 18.7. The van der Waals surface area contributed by atoms with E-state index in [1.54, 1.807) is 18.2 Å². The number of hydrogen-bond acceptors (Lipinski definition) is 5. The smallest absolute Gasteiger partial charge is 0.264 e. The van der Waals surface area contributed by atoms with Gasteiger partial charge in [-0.3, -0.25) is 4.79 Å².